The van der Waals surface area contributed by atoms with E-state index < -0.39 is 6.49 Å². The highest BCUT2D eigenvalue weighted by atomic mass is 32.5. The minimum atomic E-state index is -2.36. The van der Waals surface area contributed by atoms with Gasteiger partial charge in [0, 0.05) is 0 Å². The van der Waals surface area contributed by atoms with Crippen LogP contribution in [0.15, 0.2) is 11.0 Å². The molecule has 88 valence electrons. The first-order chi connectivity index (χ1) is 7.18. The molecular formula is C9H18NO3PS. The van der Waals surface area contributed by atoms with E-state index in [1.165, 1.54) is 5.57 Å². The Labute approximate surface area is 96.1 Å². The van der Waals surface area contributed by atoms with Crippen molar-refractivity contribution in [1.29, 1.82) is 0 Å². The summed E-state index contributed by atoms with van der Waals surface area (Å²) in [5.74, 6) is 0. The Bertz CT molecular complexity index is 277. The van der Waals surface area contributed by atoms with Crippen molar-refractivity contribution in [2.45, 2.75) is 26.7 Å². The quantitative estimate of drug-likeness (QED) is 0.556. The van der Waals surface area contributed by atoms with E-state index in [0.717, 1.165) is 18.3 Å². The summed E-state index contributed by atoms with van der Waals surface area (Å²) in [6, 6.07) is 0. The SMILES string of the molecule is CCOP(=S)(OCC)C(NOC)=C1CC1. The monoisotopic (exact) mass is 251 g/mol. The van der Waals surface area contributed by atoms with Gasteiger partial charge in [-0.1, -0.05) is 0 Å². The van der Waals surface area contributed by atoms with Crippen LogP contribution in [0.5, 0.6) is 0 Å². The molecule has 1 aliphatic rings. The van der Waals surface area contributed by atoms with Crippen LogP contribution in [0.1, 0.15) is 26.7 Å². The molecule has 1 saturated carbocycles. The van der Waals surface area contributed by atoms with E-state index in [9.17, 15) is 0 Å². The molecule has 1 fully saturated rings. The second kappa shape index (κ2) is 5.97. The third-order valence-corrected chi connectivity index (χ3v) is 5.24. The molecule has 0 aromatic heterocycles. The Balaban J connectivity index is 2.85. The summed E-state index contributed by atoms with van der Waals surface area (Å²) in [7, 11) is 1.57. The zero-order valence-electron chi connectivity index (χ0n) is 9.41. The number of hydrogen-bond acceptors (Lipinski definition) is 5. The van der Waals surface area contributed by atoms with Gasteiger partial charge in [0.2, 0.25) is 6.49 Å². The summed E-state index contributed by atoms with van der Waals surface area (Å²) in [6.07, 6.45) is 2.12. The van der Waals surface area contributed by atoms with E-state index >= 15 is 0 Å². The third kappa shape index (κ3) is 3.54. The Hall–Kier alpha value is 0.0700. The van der Waals surface area contributed by atoms with Crippen LogP contribution >= 0.6 is 6.49 Å². The van der Waals surface area contributed by atoms with Gasteiger partial charge in [-0.25, -0.2) is 0 Å². The molecule has 0 aromatic rings. The van der Waals surface area contributed by atoms with E-state index in [1.807, 2.05) is 13.8 Å². The van der Waals surface area contributed by atoms with Crippen molar-refractivity contribution in [3.8, 4) is 0 Å². The molecule has 0 radical (unpaired) electrons. The van der Waals surface area contributed by atoms with E-state index in [0.29, 0.717) is 13.2 Å². The maximum absolute atomic E-state index is 5.59. The maximum Gasteiger partial charge on any atom is 0.237 e. The van der Waals surface area contributed by atoms with Gasteiger partial charge in [0.1, 0.15) is 5.44 Å². The molecule has 1 aliphatic carbocycles. The van der Waals surface area contributed by atoms with Gasteiger partial charge in [-0.2, -0.15) is 0 Å². The van der Waals surface area contributed by atoms with Gasteiger partial charge in [-0.15, -0.1) is 0 Å². The summed E-state index contributed by atoms with van der Waals surface area (Å²) in [5.41, 5.74) is 4.95. The lowest BCUT2D eigenvalue weighted by molar-refractivity contribution is 0.119. The van der Waals surface area contributed by atoms with E-state index in [4.69, 9.17) is 25.7 Å². The first kappa shape index (κ1) is 13.1. The average Bonchev–Trinajstić information content (AvgIpc) is 2.98. The lowest BCUT2D eigenvalue weighted by Crippen LogP contribution is -2.14. The van der Waals surface area contributed by atoms with Gasteiger partial charge in [-0.05, 0) is 44.1 Å². The lowest BCUT2D eigenvalue weighted by atomic mass is 10.7. The Kier molecular flexibility index (Phi) is 5.23. The molecule has 6 heteroatoms. The molecule has 0 heterocycles. The number of hydroxylamine groups is 1. The van der Waals surface area contributed by atoms with Crippen molar-refractivity contribution in [1.82, 2.24) is 5.48 Å². The van der Waals surface area contributed by atoms with Crippen molar-refractivity contribution in [3.05, 3.63) is 11.0 Å². The Morgan fingerprint density at radius 1 is 1.33 bits per heavy atom. The second-order valence-corrected chi connectivity index (χ2v) is 6.49. The molecule has 0 saturated heterocycles. The van der Waals surface area contributed by atoms with Crippen molar-refractivity contribution in [2.24, 2.45) is 0 Å². The van der Waals surface area contributed by atoms with Gasteiger partial charge in [0.15, 0.2) is 0 Å². The predicted molar refractivity (Wildman–Crippen MR) is 63.9 cm³/mol. The summed E-state index contributed by atoms with van der Waals surface area (Å²) in [6.45, 7) is 2.58. The normalized spacial score (nSPS) is 15.3. The number of hydrogen-bond donors (Lipinski definition) is 1. The molecule has 0 aliphatic heterocycles. The van der Waals surface area contributed by atoms with Gasteiger partial charge in [0.05, 0.1) is 20.3 Å². The minimum absolute atomic E-state index is 0.555. The van der Waals surface area contributed by atoms with Crippen LogP contribution in [0.4, 0.5) is 0 Å². The van der Waals surface area contributed by atoms with Crippen LogP contribution in [-0.2, 0) is 25.7 Å². The third-order valence-electron chi connectivity index (χ3n) is 1.91. The highest BCUT2D eigenvalue weighted by Gasteiger charge is 2.31. The molecule has 0 aromatic carbocycles. The second-order valence-electron chi connectivity index (χ2n) is 3.09. The van der Waals surface area contributed by atoms with Crippen molar-refractivity contribution in [2.75, 3.05) is 20.3 Å². The molecule has 1 N–H and O–H groups in total. The summed E-state index contributed by atoms with van der Waals surface area (Å²) < 4.78 is 11.2. The smallest absolute Gasteiger partial charge is 0.237 e. The van der Waals surface area contributed by atoms with Crippen LogP contribution in [0.25, 0.3) is 0 Å². The van der Waals surface area contributed by atoms with E-state index in [1.54, 1.807) is 7.11 Å². The van der Waals surface area contributed by atoms with Crippen molar-refractivity contribution in [3.63, 3.8) is 0 Å². The van der Waals surface area contributed by atoms with E-state index in [-0.39, 0.29) is 0 Å². The van der Waals surface area contributed by atoms with Crippen LogP contribution in [0.2, 0.25) is 0 Å². The highest BCUT2D eigenvalue weighted by Crippen LogP contribution is 2.59. The molecule has 0 atom stereocenters. The zero-order valence-corrected chi connectivity index (χ0v) is 11.1. The molecular weight excluding hydrogens is 233 g/mol. The Morgan fingerprint density at radius 2 is 1.87 bits per heavy atom. The van der Waals surface area contributed by atoms with Crippen molar-refractivity contribution < 1.29 is 13.9 Å². The van der Waals surface area contributed by atoms with Crippen LogP contribution in [0.3, 0.4) is 0 Å². The summed E-state index contributed by atoms with van der Waals surface area (Å²) in [4.78, 5) is 4.94. The molecule has 15 heavy (non-hydrogen) atoms. The molecule has 0 bridgehead atoms. The fourth-order valence-corrected chi connectivity index (χ4v) is 4.18. The number of allylic oxidation sites excluding steroid dienone is 1. The standard InChI is InChI=1S/C9H18NO3PS/c1-4-12-14(15,13-5-2)9(10-11-3)8-6-7-8/h10H,4-7H2,1-3H3. The minimum Gasteiger partial charge on any atom is -0.325 e. The van der Waals surface area contributed by atoms with Crippen LogP contribution in [0, 0.1) is 0 Å². The van der Waals surface area contributed by atoms with Gasteiger partial charge in [0.25, 0.3) is 0 Å². The first-order valence-electron chi connectivity index (χ1n) is 5.08. The predicted octanol–water partition coefficient (Wildman–Crippen LogP) is 2.53. The van der Waals surface area contributed by atoms with Crippen LogP contribution in [-0.4, -0.2) is 20.3 Å². The van der Waals surface area contributed by atoms with Crippen LogP contribution < -0.4 is 5.48 Å². The molecule has 0 spiro atoms. The number of nitrogens with one attached hydrogen (secondary N) is 1. The van der Waals surface area contributed by atoms with Gasteiger partial charge >= 0.3 is 0 Å². The average molecular weight is 251 g/mol. The van der Waals surface area contributed by atoms with Gasteiger partial charge < -0.3 is 9.05 Å². The fourth-order valence-electron chi connectivity index (χ4n) is 1.22. The van der Waals surface area contributed by atoms with Gasteiger partial charge in [-0.3, -0.25) is 10.3 Å². The Morgan fingerprint density at radius 3 is 2.20 bits per heavy atom. The molecule has 0 amide bonds. The molecule has 4 nitrogen and oxygen atoms in total. The summed E-state index contributed by atoms with van der Waals surface area (Å²) in [5, 5.41) is 0. The fraction of sp³-hybridized carbons (Fsp3) is 0.778. The summed E-state index contributed by atoms with van der Waals surface area (Å²) >= 11 is 5.47. The largest absolute Gasteiger partial charge is 0.325 e. The maximum atomic E-state index is 5.59. The lowest BCUT2D eigenvalue weighted by Gasteiger charge is -2.23. The van der Waals surface area contributed by atoms with Crippen molar-refractivity contribution >= 4 is 18.3 Å². The first-order valence-corrected chi connectivity index (χ1v) is 7.72. The zero-order chi connectivity index (χ0) is 11.3. The highest BCUT2D eigenvalue weighted by molar-refractivity contribution is 8.11. The molecule has 1 rings (SSSR count). The van der Waals surface area contributed by atoms with E-state index in [2.05, 4.69) is 5.48 Å². The number of rotatable bonds is 7. The molecule has 0 unspecified atom stereocenters. The topological polar surface area (TPSA) is 39.7 Å².